The summed E-state index contributed by atoms with van der Waals surface area (Å²) in [5, 5.41) is 0. The van der Waals surface area contributed by atoms with Crippen molar-refractivity contribution in [3.63, 3.8) is 0 Å². The van der Waals surface area contributed by atoms with Gasteiger partial charge in [-0.3, -0.25) is 0 Å². The van der Waals surface area contributed by atoms with Crippen LogP contribution in [0.15, 0.2) is 0 Å². The van der Waals surface area contributed by atoms with E-state index >= 15 is 0 Å². The highest BCUT2D eigenvalue weighted by molar-refractivity contribution is 5.04. The highest BCUT2D eigenvalue weighted by Gasteiger charge is 2.54. The second kappa shape index (κ2) is 2.48. The van der Waals surface area contributed by atoms with E-state index < -0.39 is 0 Å². The third kappa shape index (κ3) is 1.31. The van der Waals surface area contributed by atoms with Crippen molar-refractivity contribution in [2.45, 2.75) is 40.5 Å². The topological polar surface area (TPSA) is 26.0 Å². The molecule has 66 valence electrons. The maximum Gasteiger partial charge on any atom is -0.00460 e. The van der Waals surface area contributed by atoms with Gasteiger partial charge < -0.3 is 5.73 Å². The largest absolute Gasteiger partial charge is 0.330 e. The summed E-state index contributed by atoms with van der Waals surface area (Å²) in [5.41, 5.74) is 6.72. The molecular formula is C10H21N. The minimum absolute atomic E-state index is 0.450. The van der Waals surface area contributed by atoms with Crippen LogP contribution < -0.4 is 5.73 Å². The molecule has 0 heterocycles. The summed E-state index contributed by atoms with van der Waals surface area (Å²) in [5.74, 6) is 0.697. The highest BCUT2D eigenvalue weighted by atomic mass is 14.7. The first-order valence-corrected chi connectivity index (χ1v) is 4.64. The molecule has 1 fully saturated rings. The number of hydrogen-bond acceptors (Lipinski definition) is 1. The summed E-state index contributed by atoms with van der Waals surface area (Å²) in [6.45, 7) is 10.2. The van der Waals surface area contributed by atoms with Crippen molar-refractivity contribution in [2.24, 2.45) is 22.5 Å². The fourth-order valence-electron chi connectivity index (χ4n) is 2.34. The molecule has 11 heavy (non-hydrogen) atoms. The summed E-state index contributed by atoms with van der Waals surface area (Å²) in [4.78, 5) is 0. The van der Waals surface area contributed by atoms with Crippen LogP contribution in [0, 0.1) is 16.7 Å². The van der Waals surface area contributed by atoms with Gasteiger partial charge in [-0.2, -0.15) is 0 Å². The summed E-state index contributed by atoms with van der Waals surface area (Å²) in [6, 6.07) is 0. The van der Waals surface area contributed by atoms with E-state index in [9.17, 15) is 0 Å². The smallest absolute Gasteiger partial charge is 0.00460 e. The Morgan fingerprint density at radius 3 is 1.91 bits per heavy atom. The van der Waals surface area contributed by atoms with Gasteiger partial charge >= 0.3 is 0 Å². The van der Waals surface area contributed by atoms with Crippen molar-refractivity contribution in [3.05, 3.63) is 0 Å². The Hall–Kier alpha value is -0.0400. The minimum Gasteiger partial charge on any atom is -0.330 e. The quantitative estimate of drug-likeness (QED) is 0.651. The minimum atomic E-state index is 0.450. The second-order valence-electron chi connectivity index (χ2n) is 5.04. The van der Waals surface area contributed by atoms with Crippen molar-refractivity contribution in [2.75, 3.05) is 6.54 Å². The summed E-state index contributed by atoms with van der Waals surface area (Å²) in [6.07, 6.45) is 2.77. The van der Waals surface area contributed by atoms with E-state index in [0.717, 1.165) is 6.54 Å². The molecule has 0 amide bonds. The van der Waals surface area contributed by atoms with Gasteiger partial charge in [0.25, 0.3) is 0 Å². The zero-order chi connectivity index (χ0) is 8.70. The van der Waals surface area contributed by atoms with E-state index in [0.29, 0.717) is 16.7 Å². The first-order valence-electron chi connectivity index (χ1n) is 4.64. The van der Waals surface area contributed by atoms with Gasteiger partial charge in [0.1, 0.15) is 0 Å². The third-order valence-corrected chi connectivity index (χ3v) is 3.58. The average Bonchev–Trinajstić information content (AvgIpc) is 2.63. The molecule has 0 bridgehead atoms. The number of hydrogen-bond donors (Lipinski definition) is 1. The molecule has 0 aromatic rings. The zero-order valence-corrected chi connectivity index (χ0v) is 8.28. The predicted molar refractivity (Wildman–Crippen MR) is 49.3 cm³/mol. The van der Waals surface area contributed by atoms with Crippen LogP contribution in [0.4, 0.5) is 0 Å². The molecule has 1 rings (SSSR count). The van der Waals surface area contributed by atoms with Gasteiger partial charge in [0.05, 0.1) is 0 Å². The lowest BCUT2D eigenvalue weighted by atomic mass is 9.70. The zero-order valence-electron chi connectivity index (χ0n) is 8.28. The first kappa shape index (κ1) is 9.05. The molecule has 1 nitrogen and oxygen atoms in total. The highest BCUT2D eigenvalue weighted by Crippen LogP contribution is 2.62. The van der Waals surface area contributed by atoms with Crippen LogP contribution in [0.5, 0.6) is 0 Å². The van der Waals surface area contributed by atoms with E-state index in [4.69, 9.17) is 5.73 Å². The van der Waals surface area contributed by atoms with E-state index in [1.165, 1.54) is 12.8 Å². The monoisotopic (exact) mass is 155 g/mol. The maximum absolute atomic E-state index is 5.69. The normalized spacial score (nSPS) is 24.8. The predicted octanol–water partition coefficient (Wildman–Crippen LogP) is 2.41. The van der Waals surface area contributed by atoms with Crippen molar-refractivity contribution in [3.8, 4) is 0 Å². The number of rotatable bonds is 2. The average molecular weight is 155 g/mol. The Kier molecular flexibility index (Phi) is 2.04. The van der Waals surface area contributed by atoms with Crippen molar-refractivity contribution in [1.29, 1.82) is 0 Å². The molecule has 1 aliphatic rings. The molecule has 0 aromatic carbocycles. The van der Waals surface area contributed by atoms with Crippen molar-refractivity contribution in [1.82, 2.24) is 0 Å². The molecule has 0 spiro atoms. The van der Waals surface area contributed by atoms with Crippen LogP contribution in [-0.2, 0) is 0 Å². The van der Waals surface area contributed by atoms with Crippen molar-refractivity contribution >= 4 is 0 Å². The molecule has 1 saturated carbocycles. The Labute approximate surface area is 70.4 Å². The fraction of sp³-hybridized carbons (Fsp3) is 1.00. The van der Waals surface area contributed by atoms with Crippen LogP contribution in [0.1, 0.15) is 40.5 Å². The molecule has 1 unspecified atom stereocenters. The fourth-order valence-corrected chi connectivity index (χ4v) is 2.34. The van der Waals surface area contributed by atoms with Crippen LogP contribution in [0.25, 0.3) is 0 Å². The first-order chi connectivity index (χ1) is 4.94. The van der Waals surface area contributed by atoms with Crippen LogP contribution in [0.3, 0.4) is 0 Å². The Morgan fingerprint density at radius 1 is 1.36 bits per heavy atom. The Bertz CT molecular complexity index is 139. The maximum atomic E-state index is 5.69. The molecule has 2 N–H and O–H groups in total. The molecule has 0 saturated heterocycles. The lowest BCUT2D eigenvalue weighted by Gasteiger charge is -2.35. The Morgan fingerprint density at radius 2 is 1.82 bits per heavy atom. The van der Waals surface area contributed by atoms with Gasteiger partial charge in [-0.1, -0.05) is 27.7 Å². The van der Waals surface area contributed by atoms with Gasteiger partial charge in [0, 0.05) is 0 Å². The van der Waals surface area contributed by atoms with E-state index in [1.54, 1.807) is 0 Å². The standard InChI is InChI=1S/C10H21N/c1-8(7-11)10(5-6-10)9(2,3)4/h8H,5-7,11H2,1-4H3. The lowest BCUT2D eigenvalue weighted by Crippen LogP contribution is -2.32. The van der Waals surface area contributed by atoms with Crippen molar-refractivity contribution < 1.29 is 0 Å². The molecule has 0 aliphatic heterocycles. The van der Waals surface area contributed by atoms with Crippen LogP contribution in [0.2, 0.25) is 0 Å². The van der Waals surface area contributed by atoms with Gasteiger partial charge in [0.2, 0.25) is 0 Å². The molecule has 1 heteroatoms. The van der Waals surface area contributed by atoms with Crippen LogP contribution >= 0.6 is 0 Å². The molecule has 1 aliphatic carbocycles. The summed E-state index contributed by atoms with van der Waals surface area (Å²) >= 11 is 0. The van der Waals surface area contributed by atoms with Gasteiger partial charge in [-0.15, -0.1) is 0 Å². The number of nitrogens with two attached hydrogens (primary N) is 1. The van der Waals surface area contributed by atoms with E-state index in [2.05, 4.69) is 27.7 Å². The molecule has 0 aromatic heterocycles. The molecule has 1 atom stereocenters. The molecule has 0 radical (unpaired) electrons. The second-order valence-corrected chi connectivity index (χ2v) is 5.04. The van der Waals surface area contributed by atoms with Gasteiger partial charge in [-0.25, -0.2) is 0 Å². The SMILES string of the molecule is CC(CN)C1(C(C)(C)C)CC1. The summed E-state index contributed by atoms with van der Waals surface area (Å²) < 4.78 is 0. The Balaban J connectivity index is 2.68. The van der Waals surface area contributed by atoms with E-state index in [-0.39, 0.29) is 0 Å². The summed E-state index contributed by atoms with van der Waals surface area (Å²) in [7, 11) is 0. The molecular weight excluding hydrogens is 134 g/mol. The van der Waals surface area contributed by atoms with Crippen LogP contribution in [-0.4, -0.2) is 6.54 Å². The lowest BCUT2D eigenvalue weighted by molar-refractivity contribution is 0.144. The van der Waals surface area contributed by atoms with Gasteiger partial charge in [0.15, 0.2) is 0 Å². The third-order valence-electron chi connectivity index (χ3n) is 3.58. The van der Waals surface area contributed by atoms with Gasteiger partial charge in [-0.05, 0) is 36.1 Å². The van der Waals surface area contributed by atoms with E-state index in [1.807, 2.05) is 0 Å².